The van der Waals surface area contributed by atoms with Crippen molar-refractivity contribution >= 4 is 5.91 Å². The van der Waals surface area contributed by atoms with Gasteiger partial charge in [0.05, 0.1) is 12.8 Å². The fraction of sp³-hybridized carbons (Fsp3) is 0.545. The zero-order valence-corrected chi connectivity index (χ0v) is 9.32. The zero-order valence-electron chi connectivity index (χ0n) is 9.32. The summed E-state index contributed by atoms with van der Waals surface area (Å²) in [5.74, 6) is 1.10. The van der Waals surface area contributed by atoms with Crippen molar-refractivity contribution in [1.82, 2.24) is 10.2 Å². The van der Waals surface area contributed by atoms with Crippen LogP contribution in [-0.2, 0) is 11.3 Å². The molecule has 0 spiro atoms. The van der Waals surface area contributed by atoms with Crippen LogP contribution in [0.4, 0.5) is 0 Å². The molecule has 0 aromatic carbocycles. The largest absolute Gasteiger partial charge is 0.468 e. The molecule has 0 saturated carbocycles. The Bertz CT molecular complexity index is 281. The molecular weight excluding hydrogens is 192 g/mol. The Morgan fingerprint density at radius 3 is 2.93 bits per heavy atom. The molecule has 0 atom stereocenters. The number of rotatable bonds is 6. The van der Waals surface area contributed by atoms with Gasteiger partial charge in [-0.3, -0.25) is 4.79 Å². The van der Waals surface area contributed by atoms with Gasteiger partial charge in [-0.1, -0.05) is 0 Å². The number of hydrogen-bond acceptors (Lipinski definition) is 3. The van der Waals surface area contributed by atoms with Gasteiger partial charge in [-0.15, -0.1) is 0 Å². The Labute approximate surface area is 90.3 Å². The molecule has 0 radical (unpaired) electrons. The number of carbonyl (C=O) groups excluding carboxylic acids is 1. The molecule has 84 valence electrons. The lowest BCUT2D eigenvalue weighted by Crippen LogP contribution is -2.23. The fourth-order valence-electron chi connectivity index (χ4n) is 1.21. The van der Waals surface area contributed by atoms with Crippen molar-refractivity contribution in [2.45, 2.75) is 19.4 Å². The van der Waals surface area contributed by atoms with E-state index in [4.69, 9.17) is 4.42 Å². The van der Waals surface area contributed by atoms with Crippen molar-refractivity contribution in [3.8, 4) is 0 Å². The van der Waals surface area contributed by atoms with Crippen molar-refractivity contribution in [3.05, 3.63) is 24.2 Å². The number of nitrogens with zero attached hydrogens (tertiary/aromatic N) is 1. The first kappa shape index (κ1) is 11.8. The van der Waals surface area contributed by atoms with Crippen LogP contribution in [0.3, 0.4) is 0 Å². The van der Waals surface area contributed by atoms with Gasteiger partial charge in [-0.25, -0.2) is 0 Å². The molecule has 1 aromatic heterocycles. The summed E-state index contributed by atoms with van der Waals surface area (Å²) in [4.78, 5) is 12.8. The van der Waals surface area contributed by atoms with E-state index in [0.29, 0.717) is 6.42 Å². The molecule has 1 amide bonds. The molecule has 4 nitrogen and oxygen atoms in total. The minimum Gasteiger partial charge on any atom is -0.468 e. The first-order valence-corrected chi connectivity index (χ1v) is 5.13. The summed E-state index contributed by atoms with van der Waals surface area (Å²) >= 11 is 0. The van der Waals surface area contributed by atoms with E-state index in [2.05, 4.69) is 5.32 Å². The van der Waals surface area contributed by atoms with Crippen LogP contribution in [0.5, 0.6) is 0 Å². The Morgan fingerprint density at radius 1 is 1.53 bits per heavy atom. The molecule has 0 aliphatic rings. The van der Waals surface area contributed by atoms with Crippen molar-refractivity contribution < 1.29 is 9.21 Å². The van der Waals surface area contributed by atoms with E-state index in [0.717, 1.165) is 25.3 Å². The number of nitrogens with one attached hydrogen (secondary N) is 1. The van der Waals surface area contributed by atoms with Crippen LogP contribution in [-0.4, -0.2) is 31.4 Å². The molecule has 0 aliphatic heterocycles. The maximum atomic E-state index is 11.2. The summed E-state index contributed by atoms with van der Waals surface area (Å²) in [5.41, 5.74) is 0. The molecule has 0 saturated heterocycles. The maximum absolute atomic E-state index is 11.2. The summed E-state index contributed by atoms with van der Waals surface area (Å²) in [5, 5.41) is 3.22. The van der Waals surface area contributed by atoms with Gasteiger partial charge in [0.15, 0.2) is 0 Å². The predicted octanol–water partition coefficient (Wildman–Crippen LogP) is 1.24. The average molecular weight is 210 g/mol. The summed E-state index contributed by atoms with van der Waals surface area (Å²) in [6.07, 6.45) is 3.11. The highest BCUT2D eigenvalue weighted by Gasteiger charge is 2.02. The van der Waals surface area contributed by atoms with E-state index in [1.165, 1.54) is 0 Å². The van der Waals surface area contributed by atoms with Gasteiger partial charge in [-0.2, -0.15) is 0 Å². The lowest BCUT2D eigenvalue weighted by atomic mass is 10.3. The highest BCUT2D eigenvalue weighted by Crippen LogP contribution is 1.99. The van der Waals surface area contributed by atoms with Crippen LogP contribution in [0.1, 0.15) is 18.6 Å². The summed E-state index contributed by atoms with van der Waals surface area (Å²) in [6, 6.07) is 3.80. The lowest BCUT2D eigenvalue weighted by molar-refractivity contribution is -0.128. The van der Waals surface area contributed by atoms with Crippen LogP contribution in [0.25, 0.3) is 0 Å². The van der Waals surface area contributed by atoms with Gasteiger partial charge < -0.3 is 14.6 Å². The summed E-state index contributed by atoms with van der Waals surface area (Å²) in [6.45, 7) is 1.56. The quantitative estimate of drug-likeness (QED) is 0.718. The third kappa shape index (κ3) is 4.65. The number of furan rings is 1. The second-order valence-corrected chi connectivity index (χ2v) is 3.65. The number of carbonyl (C=O) groups is 1. The highest BCUT2D eigenvalue weighted by molar-refractivity contribution is 5.75. The van der Waals surface area contributed by atoms with Gasteiger partial charge in [0.2, 0.25) is 5.91 Å². The van der Waals surface area contributed by atoms with Crippen molar-refractivity contribution in [3.63, 3.8) is 0 Å². The Morgan fingerprint density at radius 2 is 2.33 bits per heavy atom. The number of amides is 1. The van der Waals surface area contributed by atoms with E-state index in [1.54, 1.807) is 25.3 Å². The first-order chi connectivity index (χ1) is 7.20. The van der Waals surface area contributed by atoms with Crippen LogP contribution >= 0.6 is 0 Å². The highest BCUT2D eigenvalue weighted by atomic mass is 16.3. The Hall–Kier alpha value is -1.29. The van der Waals surface area contributed by atoms with Crippen LogP contribution < -0.4 is 5.32 Å². The van der Waals surface area contributed by atoms with Crippen LogP contribution in [0, 0.1) is 0 Å². The topological polar surface area (TPSA) is 45.5 Å². The third-order valence-corrected chi connectivity index (χ3v) is 2.12. The minimum absolute atomic E-state index is 0.176. The van der Waals surface area contributed by atoms with Crippen molar-refractivity contribution in [2.75, 3.05) is 20.6 Å². The second kappa shape index (κ2) is 6.24. The molecular formula is C11H18N2O2. The van der Waals surface area contributed by atoms with E-state index in [1.807, 2.05) is 12.1 Å². The van der Waals surface area contributed by atoms with Gasteiger partial charge >= 0.3 is 0 Å². The fourth-order valence-corrected chi connectivity index (χ4v) is 1.21. The molecule has 1 heterocycles. The molecule has 0 aliphatic carbocycles. The molecule has 1 rings (SSSR count). The molecule has 4 heteroatoms. The normalized spacial score (nSPS) is 10.3. The number of hydrogen-bond donors (Lipinski definition) is 1. The Kier molecular flexibility index (Phi) is 4.90. The molecule has 15 heavy (non-hydrogen) atoms. The SMILES string of the molecule is CN(C)C(=O)CCCNCc1ccco1. The van der Waals surface area contributed by atoms with Gasteiger partial charge in [-0.05, 0) is 25.1 Å². The van der Waals surface area contributed by atoms with Crippen LogP contribution in [0.15, 0.2) is 22.8 Å². The molecule has 0 fully saturated rings. The van der Waals surface area contributed by atoms with E-state index in [-0.39, 0.29) is 5.91 Å². The summed E-state index contributed by atoms with van der Waals surface area (Å²) < 4.78 is 5.16. The monoisotopic (exact) mass is 210 g/mol. The Balaban J connectivity index is 2.00. The van der Waals surface area contributed by atoms with Crippen molar-refractivity contribution in [1.29, 1.82) is 0 Å². The van der Waals surface area contributed by atoms with Crippen LogP contribution in [0.2, 0.25) is 0 Å². The zero-order chi connectivity index (χ0) is 11.1. The van der Waals surface area contributed by atoms with Gasteiger partial charge in [0.25, 0.3) is 0 Å². The first-order valence-electron chi connectivity index (χ1n) is 5.13. The standard InChI is InChI=1S/C11H18N2O2/c1-13(2)11(14)6-3-7-12-9-10-5-4-8-15-10/h4-5,8,12H,3,6-7,9H2,1-2H3. The van der Waals surface area contributed by atoms with E-state index in [9.17, 15) is 4.79 Å². The van der Waals surface area contributed by atoms with E-state index >= 15 is 0 Å². The third-order valence-electron chi connectivity index (χ3n) is 2.12. The lowest BCUT2D eigenvalue weighted by Gasteiger charge is -2.09. The second-order valence-electron chi connectivity index (χ2n) is 3.65. The average Bonchev–Trinajstić information content (AvgIpc) is 2.69. The molecule has 1 aromatic rings. The smallest absolute Gasteiger partial charge is 0.222 e. The molecule has 0 unspecified atom stereocenters. The van der Waals surface area contributed by atoms with Gasteiger partial charge in [0, 0.05) is 20.5 Å². The predicted molar refractivity (Wildman–Crippen MR) is 58.3 cm³/mol. The minimum atomic E-state index is 0.176. The van der Waals surface area contributed by atoms with Gasteiger partial charge in [0.1, 0.15) is 5.76 Å². The van der Waals surface area contributed by atoms with E-state index < -0.39 is 0 Å². The maximum Gasteiger partial charge on any atom is 0.222 e. The molecule has 1 N–H and O–H groups in total. The molecule has 0 bridgehead atoms. The van der Waals surface area contributed by atoms with Crippen molar-refractivity contribution in [2.24, 2.45) is 0 Å². The summed E-state index contributed by atoms with van der Waals surface area (Å²) in [7, 11) is 3.55.